The number of ether oxygens (including phenoxy) is 1. The number of benzene rings is 2. The molecule has 2 aromatic carbocycles. The van der Waals surface area contributed by atoms with Crippen LogP contribution in [-0.2, 0) is 4.74 Å². The molecule has 0 fully saturated rings. The Hall–Kier alpha value is -2.29. The van der Waals surface area contributed by atoms with Crippen molar-refractivity contribution in [2.45, 2.75) is 13.8 Å². The fourth-order valence-corrected chi connectivity index (χ4v) is 2.00. The van der Waals surface area contributed by atoms with E-state index in [1.807, 2.05) is 19.1 Å². The van der Waals surface area contributed by atoms with Crippen LogP contribution in [0, 0.1) is 6.92 Å². The predicted octanol–water partition coefficient (Wildman–Crippen LogP) is 3.54. The molecule has 0 bridgehead atoms. The van der Waals surface area contributed by atoms with Crippen LogP contribution in [0.3, 0.4) is 0 Å². The largest absolute Gasteiger partial charge is 0.508 e. The highest BCUT2D eigenvalue weighted by Crippen LogP contribution is 2.27. The van der Waals surface area contributed by atoms with E-state index < -0.39 is 0 Å². The number of rotatable bonds is 3. The van der Waals surface area contributed by atoms with E-state index in [0.29, 0.717) is 12.2 Å². The number of aromatic hydroxyl groups is 1. The molecular formula is C16H16O3. The predicted molar refractivity (Wildman–Crippen MR) is 74.2 cm³/mol. The van der Waals surface area contributed by atoms with E-state index in [9.17, 15) is 9.90 Å². The Labute approximate surface area is 112 Å². The lowest BCUT2D eigenvalue weighted by molar-refractivity contribution is 0.0526. The van der Waals surface area contributed by atoms with E-state index in [4.69, 9.17) is 4.74 Å². The number of hydrogen-bond acceptors (Lipinski definition) is 3. The topological polar surface area (TPSA) is 46.5 Å². The number of phenolic OH excluding ortho intramolecular Hbond substituents is 1. The summed E-state index contributed by atoms with van der Waals surface area (Å²) in [4.78, 5) is 11.6. The maximum absolute atomic E-state index is 11.6. The van der Waals surface area contributed by atoms with Crippen LogP contribution in [0.25, 0.3) is 11.1 Å². The van der Waals surface area contributed by atoms with Crippen molar-refractivity contribution in [1.29, 1.82) is 0 Å². The van der Waals surface area contributed by atoms with E-state index >= 15 is 0 Å². The smallest absolute Gasteiger partial charge is 0.338 e. The van der Waals surface area contributed by atoms with Gasteiger partial charge in [0.1, 0.15) is 5.75 Å². The number of esters is 1. The van der Waals surface area contributed by atoms with Gasteiger partial charge in [-0.1, -0.05) is 18.2 Å². The number of carbonyl (C=O) groups excluding carboxylic acids is 1. The summed E-state index contributed by atoms with van der Waals surface area (Å²) in [7, 11) is 0. The van der Waals surface area contributed by atoms with Crippen LogP contribution in [0.4, 0.5) is 0 Å². The van der Waals surface area contributed by atoms with Crippen molar-refractivity contribution in [3.05, 3.63) is 53.6 Å². The van der Waals surface area contributed by atoms with E-state index in [1.165, 1.54) is 0 Å². The molecule has 0 aliphatic carbocycles. The van der Waals surface area contributed by atoms with Crippen molar-refractivity contribution < 1.29 is 14.6 Å². The minimum Gasteiger partial charge on any atom is -0.508 e. The van der Waals surface area contributed by atoms with E-state index in [0.717, 1.165) is 16.7 Å². The van der Waals surface area contributed by atoms with Crippen LogP contribution in [0.2, 0.25) is 0 Å². The summed E-state index contributed by atoms with van der Waals surface area (Å²) in [6, 6.07) is 12.5. The first-order chi connectivity index (χ1) is 9.11. The summed E-state index contributed by atoms with van der Waals surface area (Å²) < 4.78 is 4.97. The van der Waals surface area contributed by atoms with Gasteiger partial charge in [0.05, 0.1) is 12.2 Å². The summed E-state index contributed by atoms with van der Waals surface area (Å²) in [6.45, 7) is 4.08. The third-order valence-corrected chi connectivity index (χ3v) is 2.89. The zero-order valence-electron chi connectivity index (χ0n) is 11.0. The molecule has 2 aromatic rings. The molecule has 0 radical (unpaired) electrons. The molecule has 0 saturated heterocycles. The molecule has 2 rings (SSSR count). The standard InChI is InChI=1S/C16H16O3/c1-3-19-16(18)13-7-8-15(11(2)9-13)12-5-4-6-14(17)10-12/h4-10,17H,3H2,1-2H3. The van der Waals surface area contributed by atoms with Gasteiger partial charge in [-0.15, -0.1) is 0 Å². The van der Waals surface area contributed by atoms with Crippen LogP contribution >= 0.6 is 0 Å². The first kappa shape index (κ1) is 13.1. The summed E-state index contributed by atoms with van der Waals surface area (Å²) in [5.41, 5.74) is 3.43. The van der Waals surface area contributed by atoms with Crippen LogP contribution in [0.1, 0.15) is 22.8 Å². The number of carbonyl (C=O) groups is 1. The molecule has 0 heterocycles. The minimum atomic E-state index is -0.312. The Morgan fingerprint density at radius 3 is 2.63 bits per heavy atom. The van der Waals surface area contributed by atoms with Gasteiger partial charge < -0.3 is 9.84 Å². The third-order valence-electron chi connectivity index (χ3n) is 2.89. The minimum absolute atomic E-state index is 0.228. The van der Waals surface area contributed by atoms with Gasteiger partial charge in [0.15, 0.2) is 0 Å². The van der Waals surface area contributed by atoms with Crippen molar-refractivity contribution in [1.82, 2.24) is 0 Å². The number of phenols is 1. The Morgan fingerprint density at radius 2 is 2.00 bits per heavy atom. The molecular weight excluding hydrogens is 240 g/mol. The zero-order chi connectivity index (χ0) is 13.8. The van der Waals surface area contributed by atoms with Gasteiger partial charge in [-0.2, -0.15) is 0 Å². The lowest BCUT2D eigenvalue weighted by Gasteiger charge is -2.09. The van der Waals surface area contributed by atoms with E-state index in [-0.39, 0.29) is 11.7 Å². The highest BCUT2D eigenvalue weighted by atomic mass is 16.5. The average molecular weight is 256 g/mol. The first-order valence-corrected chi connectivity index (χ1v) is 6.19. The molecule has 3 heteroatoms. The van der Waals surface area contributed by atoms with E-state index in [2.05, 4.69) is 0 Å². The second kappa shape index (κ2) is 5.57. The average Bonchev–Trinajstić information content (AvgIpc) is 2.38. The number of hydrogen-bond donors (Lipinski definition) is 1. The quantitative estimate of drug-likeness (QED) is 0.854. The molecule has 19 heavy (non-hydrogen) atoms. The lowest BCUT2D eigenvalue weighted by atomic mass is 9.98. The van der Waals surface area contributed by atoms with Gasteiger partial charge in [0.2, 0.25) is 0 Å². The molecule has 0 aliphatic heterocycles. The first-order valence-electron chi connectivity index (χ1n) is 6.19. The highest BCUT2D eigenvalue weighted by Gasteiger charge is 2.09. The second-order valence-corrected chi connectivity index (χ2v) is 4.30. The van der Waals surface area contributed by atoms with Crippen LogP contribution < -0.4 is 0 Å². The Balaban J connectivity index is 2.37. The van der Waals surface area contributed by atoms with Crippen molar-refractivity contribution >= 4 is 5.97 Å². The van der Waals surface area contributed by atoms with Crippen LogP contribution in [0.15, 0.2) is 42.5 Å². The molecule has 0 aliphatic rings. The maximum atomic E-state index is 11.6. The molecule has 0 atom stereocenters. The maximum Gasteiger partial charge on any atom is 0.338 e. The third kappa shape index (κ3) is 2.94. The fourth-order valence-electron chi connectivity index (χ4n) is 2.00. The summed E-state index contributed by atoms with van der Waals surface area (Å²) in [6.07, 6.45) is 0. The summed E-state index contributed by atoms with van der Waals surface area (Å²) in [5, 5.41) is 9.50. The molecule has 0 amide bonds. The van der Waals surface area contributed by atoms with Gasteiger partial charge >= 0.3 is 5.97 Å². The molecule has 0 aromatic heterocycles. The van der Waals surface area contributed by atoms with Gasteiger partial charge in [-0.05, 0) is 54.8 Å². The second-order valence-electron chi connectivity index (χ2n) is 4.30. The molecule has 0 spiro atoms. The Morgan fingerprint density at radius 1 is 1.21 bits per heavy atom. The SMILES string of the molecule is CCOC(=O)c1ccc(-c2cccc(O)c2)c(C)c1. The van der Waals surface area contributed by atoms with Gasteiger partial charge in [-0.25, -0.2) is 4.79 Å². The molecule has 98 valence electrons. The van der Waals surface area contributed by atoms with Gasteiger partial charge in [0.25, 0.3) is 0 Å². The van der Waals surface area contributed by atoms with Crippen molar-refractivity contribution in [3.8, 4) is 16.9 Å². The van der Waals surface area contributed by atoms with Gasteiger partial charge in [0, 0.05) is 0 Å². The molecule has 0 unspecified atom stereocenters. The van der Waals surface area contributed by atoms with Crippen LogP contribution in [0.5, 0.6) is 5.75 Å². The number of aryl methyl sites for hydroxylation is 1. The van der Waals surface area contributed by atoms with Crippen molar-refractivity contribution in [3.63, 3.8) is 0 Å². The molecule has 3 nitrogen and oxygen atoms in total. The Kier molecular flexibility index (Phi) is 3.85. The summed E-state index contributed by atoms with van der Waals surface area (Å²) in [5.74, 6) is -0.0839. The fraction of sp³-hybridized carbons (Fsp3) is 0.188. The lowest BCUT2D eigenvalue weighted by Crippen LogP contribution is -2.04. The summed E-state index contributed by atoms with van der Waals surface area (Å²) >= 11 is 0. The Bertz CT molecular complexity index is 603. The van der Waals surface area contributed by atoms with Crippen molar-refractivity contribution in [2.24, 2.45) is 0 Å². The van der Waals surface area contributed by atoms with Gasteiger partial charge in [-0.3, -0.25) is 0 Å². The highest BCUT2D eigenvalue weighted by molar-refractivity contribution is 5.90. The monoisotopic (exact) mass is 256 g/mol. The van der Waals surface area contributed by atoms with Crippen LogP contribution in [-0.4, -0.2) is 17.7 Å². The molecule has 0 saturated carbocycles. The van der Waals surface area contributed by atoms with Crippen molar-refractivity contribution in [2.75, 3.05) is 6.61 Å². The van der Waals surface area contributed by atoms with E-state index in [1.54, 1.807) is 37.3 Å². The zero-order valence-corrected chi connectivity index (χ0v) is 11.0. The normalized spacial score (nSPS) is 10.2. The molecule has 1 N–H and O–H groups in total.